The number of rotatable bonds is 6. The van der Waals surface area contributed by atoms with Gasteiger partial charge in [-0.1, -0.05) is 35.2 Å². The molecule has 1 aliphatic heterocycles. The Morgan fingerprint density at radius 2 is 2.13 bits per heavy atom. The van der Waals surface area contributed by atoms with Gasteiger partial charge in [-0.05, 0) is 25.3 Å². The first-order chi connectivity index (χ1) is 15.0. The molecular weight excluding hydrogens is 440 g/mol. The average Bonchev–Trinajstić information content (AvgIpc) is 3.40. The van der Waals surface area contributed by atoms with E-state index in [9.17, 15) is 4.79 Å². The van der Waals surface area contributed by atoms with E-state index >= 15 is 0 Å². The predicted octanol–water partition coefficient (Wildman–Crippen LogP) is 2.58. The fourth-order valence-electron chi connectivity index (χ4n) is 3.69. The molecule has 11 heteroatoms. The number of carbonyl (C=O) groups is 1. The largest absolute Gasteiger partial charge is 0.493 e. The summed E-state index contributed by atoms with van der Waals surface area (Å²) in [6.07, 6.45) is 2.98. The number of benzene rings is 1. The fourth-order valence-corrected chi connectivity index (χ4v) is 5.07. The lowest BCUT2D eigenvalue weighted by Crippen LogP contribution is -2.23. The summed E-state index contributed by atoms with van der Waals surface area (Å²) >= 11 is 2.97. The number of hydrogen-bond acceptors (Lipinski definition) is 9. The molecule has 2 aromatic heterocycles. The van der Waals surface area contributed by atoms with Crippen molar-refractivity contribution in [2.45, 2.75) is 23.2 Å². The number of nitrogens with zero attached hydrogens (tertiary/aromatic N) is 4. The van der Waals surface area contributed by atoms with Crippen LogP contribution in [0.25, 0.3) is 4.96 Å². The number of methoxy groups -OCH3 is 2. The first-order valence-electron chi connectivity index (χ1n) is 9.49. The van der Waals surface area contributed by atoms with Crippen molar-refractivity contribution in [1.29, 1.82) is 0 Å². The van der Waals surface area contributed by atoms with Crippen LogP contribution in [0.15, 0.2) is 33.4 Å². The van der Waals surface area contributed by atoms with Gasteiger partial charge in [0.25, 0.3) is 12.0 Å². The van der Waals surface area contributed by atoms with Crippen LogP contribution in [0.4, 0.5) is 0 Å². The number of fused-ring (bicyclic) bond motifs is 1. The van der Waals surface area contributed by atoms with E-state index in [0.717, 1.165) is 41.0 Å². The smallest absolute Gasteiger partial charge is 0.290 e. The van der Waals surface area contributed by atoms with Gasteiger partial charge in [-0.2, -0.15) is 4.52 Å². The van der Waals surface area contributed by atoms with E-state index in [-0.39, 0.29) is 12.0 Å². The van der Waals surface area contributed by atoms with Crippen LogP contribution in [0.2, 0.25) is 0 Å². The topological polar surface area (TPSA) is 106 Å². The lowest BCUT2D eigenvalue weighted by molar-refractivity contribution is -0.122. The maximum absolute atomic E-state index is 12.4. The molecule has 3 heterocycles. The Morgan fingerprint density at radius 1 is 1.35 bits per heavy atom. The maximum Gasteiger partial charge on any atom is 0.290 e. The first kappa shape index (κ1) is 23.0. The minimum atomic E-state index is -0.250. The van der Waals surface area contributed by atoms with Crippen molar-refractivity contribution in [2.24, 2.45) is 0 Å². The summed E-state index contributed by atoms with van der Waals surface area (Å²) < 4.78 is 13.3. The highest BCUT2D eigenvalue weighted by atomic mass is 32.2. The van der Waals surface area contributed by atoms with Crippen LogP contribution in [0.3, 0.4) is 0 Å². The number of para-hydroxylation sites is 1. The fraction of sp³-hybridized carbons (Fsp3) is 0.400. The van der Waals surface area contributed by atoms with Crippen LogP contribution >= 0.6 is 23.1 Å². The quantitative estimate of drug-likeness (QED) is 0.435. The Balaban J connectivity index is 0.000000858. The standard InChI is InChI=1S/C19H22N4O3S2.CH2O2/c1-25-15-6-4-5-14(17(15)26-2)12-7-8-22(10-12)11-13-9-16(24)23-18(20-13)28-19(21-23)27-3;2-1-3/h4-6,9,12H,7-8,10-11H2,1-3H3;1H,(H,2,3). The Bertz CT molecular complexity index is 1100. The molecule has 0 spiro atoms. The zero-order valence-corrected chi connectivity index (χ0v) is 19.1. The highest BCUT2D eigenvalue weighted by Gasteiger charge is 2.28. The summed E-state index contributed by atoms with van der Waals surface area (Å²) in [7, 11) is 3.34. The molecule has 0 amide bonds. The summed E-state index contributed by atoms with van der Waals surface area (Å²) in [5, 5.41) is 11.2. The number of ether oxygens (including phenoxy) is 2. The Hall–Kier alpha value is -2.63. The van der Waals surface area contributed by atoms with Gasteiger partial charge in [0.1, 0.15) is 0 Å². The van der Waals surface area contributed by atoms with Gasteiger partial charge in [0.05, 0.1) is 19.9 Å². The zero-order valence-electron chi connectivity index (χ0n) is 17.5. The number of carboxylic acid groups (broad SMARTS) is 1. The van der Waals surface area contributed by atoms with Crippen molar-refractivity contribution in [3.8, 4) is 11.5 Å². The molecule has 0 radical (unpaired) electrons. The predicted molar refractivity (Wildman–Crippen MR) is 120 cm³/mol. The number of thioether (sulfide) groups is 1. The van der Waals surface area contributed by atoms with Crippen LogP contribution in [0.5, 0.6) is 11.5 Å². The molecule has 31 heavy (non-hydrogen) atoms. The van der Waals surface area contributed by atoms with Gasteiger partial charge in [0.15, 0.2) is 15.8 Å². The maximum atomic E-state index is 12.4. The lowest BCUT2D eigenvalue weighted by Gasteiger charge is -2.18. The summed E-state index contributed by atoms with van der Waals surface area (Å²) in [6.45, 7) is 2.25. The van der Waals surface area contributed by atoms with Crippen molar-refractivity contribution in [3.05, 3.63) is 45.9 Å². The van der Waals surface area contributed by atoms with Gasteiger partial charge in [-0.15, -0.1) is 5.10 Å². The SMILES string of the molecule is COc1cccc(C2CCN(Cc3cc(=O)n4nc(SC)sc4n3)C2)c1OC.O=CO. The number of aromatic nitrogens is 3. The molecule has 1 fully saturated rings. The van der Waals surface area contributed by atoms with E-state index in [1.165, 1.54) is 33.2 Å². The molecule has 1 unspecified atom stereocenters. The molecule has 0 saturated carbocycles. The molecular formula is C20H24N4O5S2. The third-order valence-electron chi connectivity index (χ3n) is 4.99. The highest BCUT2D eigenvalue weighted by molar-refractivity contribution is 8.00. The molecule has 1 atom stereocenters. The van der Waals surface area contributed by atoms with E-state index in [4.69, 9.17) is 19.4 Å². The molecule has 166 valence electrons. The minimum Gasteiger partial charge on any atom is -0.493 e. The van der Waals surface area contributed by atoms with E-state index in [1.807, 2.05) is 18.4 Å². The second-order valence-corrected chi connectivity index (χ2v) is 8.77. The summed E-state index contributed by atoms with van der Waals surface area (Å²) in [5.74, 6) is 1.93. The average molecular weight is 465 g/mol. The van der Waals surface area contributed by atoms with Gasteiger partial charge < -0.3 is 14.6 Å². The Labute approximate surface area is 187 Å². The number of likely N-dealkylation sites (tertiary alicyclic amines) is 1. The lowest BCUT2D eigenvalue weighted by atomic mass is 9.97. The van der Waals surface area contributed by atoms with Crippen molar-refractivity contribution < 1.29 is 19.4 Å². The van der Waals surface area contributed by atoms with Crippen molar-refractivity contribution >= 4 is 34.5 Å². The third kappa shape index (κ3) is 5.17. The van der Waals surface area contributed by atoms with Gasteiger partial charge in [0, 0.05) is 30.6 Å². The van der Waals surface area contributed by atoms with Crippen LogP contribution in [0, 0.1) is 0 Å². The second kappa shape index (κ2) is 10.6. The van der Waals surface area contributed by atoms with Crippen LogP contribution < -0.4 is 15.0 Å². The Kier molecular flexibility index (Phi) is 7.88. The summed E-state index contributed by atoms with van der Waals surface area (Å²) in [5.41, 5.74) is 1.83. The normalized spacial score (nSPS) is 16.0. The van der Waals surface area contributed by atoms with Gasteiger partial charge in [0.2, 0.25) is 4.96 Å². The molecule has 1 N–H and O–H groups in total. The molecule has 4 rings (SSSR count). The van der Waals surface area contributed by atoms with Crippen LogP contribution in [-0.2, 0) is 11.3 Å². The van der Waals surface area contributed by atoms with Crippen molar-refractivity contribution in [2.75, 3.05) is 33.6 Å². The molecule has 3 aromatic rings. The van der Waals surface area contributed by atoms with E-state index in [2.05, 4.69) is 21.0 Å². The highest BCUT2D eigenvalue weighted by Crippen LogP contribution is 2.39. The van der Waals surface area contributed by atoms with Crippen molar-refractivity contribution in [1.82, 2.24) is 19.5 Å². The van der Waals surface area contributed by atoms with Gasteiger partial charge >= 0.3 is 0 Å². The Morgan fingerprint density at radius 3 is 2.81 bits per heavy atom. The first-order valence-corrected chi connectivity index (χ1v) is 11.5. The molecule has 0 bridgehead atoms. The number of hydrogen-bond donors (Lipinski definition) is 1. The third-order valence-corrected chi connectivity index (χ3v) is 6.87. The van der Waals surface area contributed by atoms with E-state index in [1.54, 1.807) is 20.3 Å². The minimum absolute atomic E-state index is 0.123. The monoisotopic (exact) mass is 464 g/mol. The zero-order chi connectivity index (χ0) is 22.4. The summed E-state index contributed by atoms with van der Waals surface area (Å²) in [6, 6.07) is 7.62. The van der Waals surface area contributed by atoms with Gasteiger partial charge in [-0.25, -0.2) is 4.98 Å². The van der Waals surface area contributed by atoms with E-state index in [0.29, 0.717) is 17.4 Å². The van der Waals surface area contributed by atoms with E-state index < -0.39 is 0 Å². The molecule has 1 aliphatic rings. The van der Waals surface area contributed by atoms with Gasteiger partial charge in [-0.3, -0.25) is 14.5 Å². The van der Waals surface area contributed by atoms with Crippen LogP contribution in [0.1, 0.15) is 23.6 Å². The summed E-state index contributed by atoms with van der Waals surface area (Å²) in [4.78, 5) is 28.3. The molecule has 1 aromatic carbocycles. The molecule has 0 aliphatic carbocycles. The molecule has 9 nitrogen and oxygen atoms in total. The molecule has 1 saturated heterocycles. The second-order valence-electron chi connectivity index (χ2n) is 6.76. The van der Waals surface area contributed by atoms with Crippen molar-refractivity contribution in [3.63, 3.8) is 0 Å². The van der Waals surface area contributed by atoms with Crippen LogP contribution in [-0.4, -0.2) is 64.6 Å².